The summed E-state index contributed by atoms with van der Waals surface area (Å²) in [6.07, 6.45) is 2.94. The van der Waals surface area contributed by atoms with E-state index in [1.807, 2.05) is 30.5 Å². The van der Waals surface area contributed by atoms with E-state index in [0.29, 0.717) is 41.8 Å². The summed E-state index contributed by atoms with van der Waals surface area (Å²) in [5.74, 6) is 0.770. The van der Waals surface area contributed by atoms with Crippen molar-refractivity contribution in [2.45, 2.75) is 45.8 Å². The fraction of sp³-hybridized carbons (Fsp3) is 0.391. The number of nitrogens with one attached hydrogen (secondary N) is 1. The van der Waals surface area contributed by atoms with Gasteiger partial charge in [-0.2, -0.15) is 5.10 Å². The molecular weight excluding hydrogens is 444 g/mol. The van der Waals surface area contributed by atoms with Crippen molar-refractivity contribution in [1.29, 1.82) is 0 Å². The van der Waals surface area contributed by atoms with E-state index in [0.717, 1.165) is 28.3 Å². The van der Waals surface area contributed by atoms with E-state index < -0.39 is 11.7 Å². The second-order valence-corrected chi connectivity index (χ2v) is 9.37. The second kappa shape index (κ2) is 10.6. The number of carbonyl (C=O) groups excluding carboxylic acids is 2. The van der Waals surface area contributed by atoms with Gasteiger partial charge in [-0.05, 0) is 51.3 Å². The number of anilines is 1. The van der Waals surface area contributed by atoms with Crippen LogP contribution in [0.25, 0.3) is 11.3 Å². The number of ether oxygens (including phenoxy) is 2. The number of methoxy groups -OCH3 is 1. The molecule has 3 aromatic rings. The molecule has 2 aromatic heterocycles. The van der Waals surface area contributed by atoms with Gasteiger partial charge in [-0.15, -0.1) is 0 Å². The van der Waals surface area contributed by atoms with E-state index in [2.05, 4.69) is 15.4 Å². The standard InChI is InChI=1S/C23H28N4O5S/c1-23(2,3)32-22(30)25-21-24-20(19(14-29)33-21)17-13-27(26-18(17)6-5-11-28)12-15-7-9-16(31-4)10-8-15/h7-10,13-14,28H,5-6,11-12H2,1-4H3,(H,24,25,30). The predicted octanol–water partition coefficient (Wildman–Crippen LogP) is 4.15. The number of nitrogens with zero attached hydrogens (tertiary/aromatic N) is 3. The number of thiazole rings is 1. The van der Waals surface area contributed by atoms with Crippen molar-refractivity contribution in [3.05, 3.63) is 46.6 Å². The van der Waals surface area contributed by atoms with Gasteiger partial charge in [0.1, 0.15) is 11.4 Å². The minimum absolute atomic E-state index is 0.0217. The van der Waals surface area contributed by atoms with Crippen LogP contribution in [0.5, 0.6) is 5.75 Å². The van der Waals surface area contributed by atoms with Crippen LogP contribution in [0.3, 0.4) is 0 Å². The zero-order chi connectivity index (χ0) is 24.0. The summed E-state index contributed by atoms with van der Waals surface area (Å²) in [7, 11) is 1.62. The van der Waals surface area contributed by atoms with E-state index in [1.165, 1.54) is 0 Å². The highest BCUT2D eigenvalue weighted by Gasteiger charge is 2.22. The highest BCUT2D eigenvalue weighted by atomic mass is 32.1. The number of aldehydes is 1. The van der Waals surface area contributed by atoms with Gasteiger partial charge in [0.2, 0.25) is 0 Å². The van der Waals surface area contributed by atoms with Crippen molar-refractivity contribution < 1.29 is 24.2 Å². The van der Waals surface area contributed by atoms with Crippen molar-refractivity contribution >= 4 is 28.8 Å². The maximum absolute atomic E-state index is 12.1. The average Bonchev–Trinajstić information content (AvgIpc) is 3.34. The quantitative estimate of drug-likeness (QED) is 0.450. The van der Waals surface area contributed by atoms with Gasteiger partial charge in [0, 0.05) is 18.4 Å². The van der Waals surface area contributed by atoms with Crippen LogP contribution in [0.4, 0.5) is 9.93 Å². The highest BCUT2D eigenvalue weighted by molar-refractivity contribution is 7.17. The molecule has 2 N–H and O–H groups in total. The number of rotatable bonds is 9. The Balaban J connectivity index is 1.90. The fourth-order valence-electron chi connectivity index (χ4n) is 3.14. The van der Waals surface area contributed by atoms with Crippen molar-refractivity contribution in [3.8, 4) is 17.0 Å². The predicted molar refractivity (Wildman–Crippen MR) is 126 cm³/mol. The Labute approximate surface area is 196 Å². The molecule has 2 heterocycles. The first-order valence-electron chi connectivity index (χ1n) is 10.5. The third-order valence-electron chi connectivity index (χ3n) is 4.54. The van der Waals surface area contributed by atoms with E-state index in [-0.39, 0.29) is 11.7 Å². The highest BCUT2D eigenvalue weighted by Crippen LogP contribution is 2.33. The van der Waals surface area contributed by atoms with Crippen LogP contribution in [0, 0.1) is 0 Å². The number of aryl methyl sites for hydroxylation is 1. The molecule has 1 aromatic carbocycles. The lowest BCUT2D eigenvalue weighted by Gasteiger charge is -2.18. The van der Waals surface area contributed by atoms with Crippen molar-refractivity contribution in [2.75, 3.05) is 19.0 Å². The van der Waals surface area contributed by atoms with E-state index >= 15 is 0 Å². The zero-order valence-corrected chi connectivity index (χ0v) is 19.9. The maximum atomic E-state index is 12.1. The molecule has 0 saturated carbocycles. The number of aliphatic hydroxyl groups excluding tert-OH is 1. The molecule has 0 atom stereocenters. The SMILES string of the molecule is COc1ccc(Cn2cc(-c3nc(NC(=O)OC(C)(C)C)sc3C=O)c(CCCO)n2)cc1. The number of aliphatic hydroxyl groups is 1. The van der Waals surface area contributed by atoms with Gasteiger partial charge in [0.05, 0.1) is 29.9 Å². The number of carbonyl (C=O) groups is 2. The van der Waals surface area contributed by atoms with Gasteiger partial charge in [0.15, 0.2) is 11.4 Å². The van der Waals surface area contributed by atoms with E-state index in [4.69, 9.17) is 9.47 Å². The molecule has 0 saturated heterocycles. The topological polar surface area (TPSA) is 116 Å². The molecule has 9 nitrogen and oxygen atoms in total. The Morgan fingerprint density at radius 1 is 1.27 bits per heavy atom. The number of benzene rings is 1. The number of hydrogen-bond donors (Lipinski definition) is 2. The van der Waals surface area contributed by atoms with Crippen molar-refractivity contribution in [2.24, 2.45) is 0 Å². The number of hydrogen-bond acceptors (Lipinski definition) is 8. The minimum atomic E-state index is -0.655. The molecule has 1 amide bonds. The molecule has 0 aliphatic heterocycles. The van der Waals surface area contributed by atoms with Crippen LogP contribution in [0.15, 0.2) is 30.5 Å². The van der Waals surface area contributed by atoms with Crippen LogP contribution < -0.4 is 10.1 Å². The third-order valence-corrected chi connectivity index (χ3v) is 5.43. The first kappa shape index (κ1) is 24.4. The fourth-order valence-corrected chi connectivity index (χ4v) is 3.92. The molecule has 176 valence electrons. The van der Waals surface area contributed by atoms with Gasteiger partial charge in [0.25, 0.3) is 0 Å². The molecule has 0 unspecified atom stereocenters. The largest absolute Gasteiger partial charge is 0.497 e. The second-order valence-electron chi connectivity index (χ2n) is 8.34. The minimum Gasteiger partial charge on any atom is -0.497 e. The molecule has 33 heavy (non-hydrogen) atoms. The Bertz CT molecular complexity index is 1100. The monoisotopic (exact) mass is 472 g/mol. The lowest BCUT2D eigenvalue weighted by Crippen LogP contribution is -2.27. The van der Waals surface area contributed by atoms with Crippen LogP contribution in [0.1, 0.15) is 48.1 Å². The summed E-state index contributed by atoms with van der Waals surface area (Å²) < 4.78 is 12.2. The molecule has 0 bridgehead atoms. The molecule has 0 fully saturated rings. The lowest BCUT2D eigenvalue weighted by molar-refractivity contribution is 0.0635. The maximum Gasteiger partial charge on any atom is 0.413 e. The molecule has 0 spiro atoms. The molecule has 0 radical (unpaired) electrons. The Morgan fingerprint density at radius 2 is 2.00 bits per heavy atom. The van der Waals surface area contributed by atoms with Crippen LogP contribution in [-0.2, 0) is 17.7 Å². The van der Waals surface area contributed by atoms with Gasteiger partial charge in [-0.3, -0.25) is 14.8 Å². The molecule has 3 rings (SSSR count). The smallest absolute Gasteiger partial charge is 0.413 e. The van der Waals surface area contributed by atoms with Gasteiger partial charge in [-0.1, -0.05) is 23.5 Å². The third kappa shape index (κ3) is 6.62. The van der Waals surface area contributed by atoms with Crippen molar-refractivity contribution in [1.82, 2.24) is 14.8 Å². The van der Waals surface area contributed by atoms with E-state index in [9.17, 15) is 14.7 Å². The Morgan fingerprint density at radius 3 is 2.61 bits per heavy atom. The summed E-state index contributed by atoms with van der Waals surface area (Å²) in [4.78, 5) is 28.7. The first-order valence-corrected chi connectivity index (χ1v) is 11.3. The van der Waals surface area contributed by atoms with Crippen LogP contribution >= 0.6 is 11.3 Å². The van der Waals surface area contributed by atoms with Gasteiger partial charge < -0.3 is 14.6 Å². The Kier molecular flexibility index (Phi) is 7.83. The molecular formula is C23H28N4O5S. The summed E-state index contributed by atoms with van der Waals surface area (Å²) in [6.45, 7) is 5.83. The normalized spacial score (nSPS) is 11.3. The zero-order valence-electron chi connectivity index (χ0n) is 19.1. The average molecular weight is 473 g/mol. The van der Waals surface area contributed by atoms with Gasteiger partial charge >= 0.3 is 6.09 Å². The van der Waals surface area contributed by atoms with E-state index in [1.54, 1.807) is 32.6 Å². The van der Waals surface area contributed by atoms with Crippen molar-refractivity contribution in [3.63, 3.8) is 0 Å². The molecule has 0 aliphatic carbocycles. The number of aromatic nitrogens is 3. The summed E-state index contributed by atoms with van der Waals surface area (Å²) in [5.41, 5.74) is 2.22. The van der Waals surface area contributed by atoms with Crippen LogP contribution in [0.2, 0.25) is 0 Å². The van der Waals surface area contributed by atoms with Crippen LogP contribution in [-0.4, -0.2) is 51.6 Å². The molecule has 0 aliphatic rings. The lowest BCUT2D eigenvalue weighted by atomic mass is 10.1. The summed E-state index contributed by atoms with van der Waals surface area (Å²) in [5, 5.41) is 16.8. The Hall–Kier alpha value is -3.24. The molecule has 10 heteroatoms. The first-order chi connectivity index (χ1) is 15.7. The number of amides is 1. The summed E-state index contributed by atoms with van der Waals surface area (Å²) in [6, 6.07) is 7.67. The van der Waals surface area contributed by atoms with Gasteiger partial charge in [-0.25, -0.2) is 9.78 Å². The summed E-state index contributed by atoms with van der Waals surface area (Å²) >= 11 is 1.07.